The van der Waals surface area contributed by atoms with Crippen molar-refractivity contribution in [2.45, 2.75) is 25.9 Å². The Bertz CT molecular complexity index is 828. The maximum Gasteiger partial charge on any atom is 0.243 e. The van der Waals surface area contributed by atoms with Crippen molar-refractivity contribution in [2.24, 2.45) is 0 Å². The van der Waals surface area contributed by atoms with E-state index in [9.17, 15) is 4.79 Å². The first-order valence-electron chi connectivity index (χ1n) is 7.39. The van der Waals surface area contributed by atoms with Gasteiger partial charge in [-0.15, -0.1) is 0 Å². The third-order valence-corrected chi connectivity index (χ3v) is 4.05. The molecule has 2 aromatic heterocycles. The van der Waals surface area contributed by atoms with E-state index in [-0.39, 0.29) is 18.0 Å². The molecule has 5 nitrogen and oxygen atoms in total. The third kappa shape index (κ3) is 3.19. The number of amides is 1. The summed E-state index contributed by atoms with van der Waals surface area (Å²) in [7, 11) is 0. The van der Waals surface area contributed by atoms with Crippen LogP contribution in [-0.4, -0.2) is 20.4 Å². The van der Waals surface area contributed by atoms with Crippen molar-refractivity contribution in [2.75, 3.05) is 0 Å². The molecule has 0 unspecified atom stereocenters. The Morgan fingerprint density at radius 3 is 2.70 bits per heavy atom. The molecule has 0 saturated heterocycles. The van der Waals surface area contributed by atoms with Gasteiger partial charge in [0.15, 0.2) is 0 Å². The molecule has 3 rings (SSSR count). The van der Waals surface area contributed by atoms with Crippen molar-refractivity contribution in [1.29, 1.82) is 0 Å². The Hall–Kier alpha value is -2.40. The summed E-state index contributed by atoms with van der Waals surface area (Å²) >= 11 is 5.84. The normalized spacial score (nSPS) is 13.7. The van der Waals surface area contributed by atoms with Crippen LogP contribution in [0.3, 0.4) is 0 Å². The van der Waals surface area contributed by atoms with Crippen LogP contribution in [-0.2, 0) is 4.79 Å². The molecule has 1 amide bonds. The summed E-state index contributed by atoms with van der Waals surface area (Å²) in [5.74, 6) is -0.0857. The largest absolute Gasteiger partial charge is 0.346 e. The van der Waals surface area contributed by atoms with Gasteiger partial charge in [0.05, 0.1) is 34.1 Å². The summed E-state index contributed by atoms with van der Waals surface area (Å²) < 4.78 is 1.87. The molecule has 2 atom stereocenters. The molecule has 23 heavy (non-hydrogen) atoms. The number of hydrogen-bond acceptors (Lipinski definition) is 3. The van der Waals surface area contributed by atoms with Crippen molar-refractivity contribution < 1.29 is 4.79 Å². The fourth-order valence-electron chi connectivity index (χ4n) is 2.46. The van der Waals surface area contributed by atoms with E-state index >= 15 is 0 Å². The molecular weight excluding hydrogens is 312 g/mol. The third-order valence-electron chi connectivity index (χ3n) is 3.83. The van der Waals surface area contributed by atoms with Crippen LogP contribution in [0.4, 0.5) is 0 Å². The lowest BCUT2D eigenvalue weighted by Gasteiger charge is -2.18. The summed E-state index contributed by atoms with van der Waals surface area (Å²) in [6.07, 6.45) is 3.27. The number of para-hydroxylation sites is 2. The van der Waals surface area contributed by atoms with Crippen LogP contribution in [0, 0.1) is 0 Å². The quantitative estimate of drug-likeness (QED) is 0.797. The van der Waals surface area contributed by atoms with E-state index in [1.165, 1.54) is 0 Å². The number of nitrogens with zero attached hydrogens (tertiary/aromatic N) is 3. The predicted octanol–water partition coefficient (Wildman–Crippen LogP) is 3.52. The molecule has 1 aromatic carbocycles. The van der Waals surface area contributed by atoms with Crippen molar-refractivity contribution in [3.8, 4) is 0 Å². The number of aromatic nitrogens is 3. The number of rotatable bonds is 4. The Morgan fingerprint density at radius 2 is 1.96 bits per heavy atom. The highest BCUT2D eigenvalue weighted by Gasteiger charge is 2.19. The molecule has 0 bridgehead atoms. The number of nitrogens with one attached hydrogen (secondary N) is 1. The average molecular weight is 329 g/mol. The number of benzene rings is 1. The van der Waals surface area contributed by atoms with Crippen LogP contribution in [0.2, 0.25) is 5.02 Å². The summed E-state index contributed by atoms with van der Waals surface area (Å²) in [5, 5.41) is 3.55. The molecule has 6 heteroatoms. The van der Waals surface area contributed by atoms with E-state index in [2.05, 4.69) is 15.3 Å². The summed E-state index contributed by atoms with van der Waals surface area (Å²) in [6, 6.07) is 10.8. The second-order valence-electron chi connectivity index (χ2n) is 5.45. The van der Waals surface area contributed by atoms with Crippen molar-refractivity contribution in [1.82, 2.24) is 19.9 Å². The van der Waals surface area contributed by atoms with Crippen molar-refractivity contribution in [3.63, 3.8) is 0 Å². The highest BCUT2D eigenvalue weighted by molar-refractivity contribution is 6.30. The van der Waals surface area contributed by atoms with E-state index in [0.717, 1.165) is 16.7 Å². The zero-order valence-electron chi connectivity index (χ0n) is 12.9. The smallest absolute Gasteiger partial charge is 0.243 e. The van der Waals surface area contributed by atoms with Crippen LogP contribution in [0.25, 0.3) is 11.0 Å². The van der Waals surface area contributed by atoms with E-state index in [1.807, 2.05) is 48.7 Å². The zero-order valence-corrected chi connectivity index (χ0v) is 13.7. The molecule has 0 spiro atoms. The monoisotopic (exact) mass is 328 g/mol. The molecule has 0 saturated carbocycles. The topological polar surface area (TPSA) is 59.8 Å². The van der Waals surface area contributed by atoms with Gasteiger partial charge in [0.1, 0.15) is 6.04 Å². The van der Waals surface area contributed by atoms with E-state index in [4.69, 9.17) is 11.6 Å². The number of pyridine rings is 1. The van der Waals surface area contributed by atoms with Gasteiger partial charge in [-0.25, -0.2) is 4.98 Å². The van der Waals surface area contributed by atoms with Gasteiger partial charge in [-0.1, -0.05) is 23.7 Å². The van der Waals surface area contributed by atoms with Crippen LogP contribution in [0.1, 0.15) is 31.6 Å². The molecule has 2 heterocycles. The highest BCUT2D eigenvalue weighted by Crippen LogP contribution is 2.19. The van der Waals surface area contributed by atoms with Gasteiger partial charge in [0.25, 0.3) is 0 Å². The van der Waals surface area contributed by atoms with Gasteiger partial charge in [0, 0.05) is 6.20 Å². The Balaban J connectivity index is 1.76. The number of carbonyl (C=O) groups is 1. The number of imidazole rings is 1. The Morgan fingerprint density at radius 1 is 1.17 bits per heavy atom. The number of carbonyl (C=O) groups excluding carboxylic acids is 1. The lowest BCUT2D eigenvalue weighted by Crippen LogP contribution is -2.33. The van der Waals surface area contributed by atoms with Crippen molar-refractivity contribution >= 4 is 28.5 Å². The second kappa shape index (κ2) is 6.38. The first kappa shape index (κ1) is 15.5. The molecule has 0 aliphatic rings. The Kier molecular flexibility index (Phi) is 4.30. The lowest BCUT2D eigenvalue weighted by molar-refractivity contribution is -0.124. The van der Waals surface area contributed by atoms with Crippen molar-refractivity contribution in [3.05, 3.63) is 59.6 Å². The second-order valence-corrected chi connectivity index (χ2v) is 5.88. The SMILES string of the molecule is C[C@H](NC(=O)[C@@H](C)n1cnc2ccccc21)c1ccc(Cl)cn1. The summed E-state index contributed by atoms with van der Waals surface area (Å²) in [6.45, 7) is 3.75. The van der Waals surface area contributed by atoms with Crippen LogP contribution >= 0.6 is 11.6 Å². The molecule has 0 aliphatic heterocycles. The van der Waals surface area contributed by atoms with Gasteiger partial charge in [-0.2, -0.15) is 0 Å². The standard InChI is InChI=1S/C17H17ClN4O/c1-11(14-8-7-13(18)9-19-14)21-17(23)12(2)22-10-20-15-5-3-4-6-16(15)22/h3-12H,1-2H3,(H,21,23)/t11-,12+/m0/s1. The van der Waals surface area contributed by atoms with E-state index in [0.29, 0.717) is 5.02 Å². The summed E-state index contributed by atoms with van der Waals surface area (Å²) in [5.41, 5.74) is 2.58. The molecule has 0 fully saturated rings. The van der Waals surface area contributed by atoms with Crippen LogP contribution in [0.5, 0.6) is 0 Å². The van der Waals surface area contributed by atoms with Gasteiger partial charge in [-0.3, -0.25) is 9.78 Å². The van der Waals surface area contributed by atoms with Crippen LogP contribution in [0.15, 0.2) is 48.9 Å². The number of fused-ring (bicyclic) bond motifs is 1. The minimum Gasteiger partial charge on any atom is -0.346 e. The molecule has 1 N–H and O–H groups in total. The summed E-state index contributed by atoms with van der Waals surface area (Å²) in [4.78, 5) is 21.1. The van der Waals surface area contributed by atoms with Gasteiger partial charge in [-0.05, 0) is 38.1 Å². The van der Waals surface area contributed by atoms with Crippen LogP contribution < -0.4 is 5.32 Å². The predicted molar refractivity (Wildman–Crippen MR) is 90.2 cm³/mol. The van der Waals surface area contributed by atoms with Gasteiger partial charge < -0.3 is 9.88 Å². The van der Waals surface area contributed by atoms with E-state index in [1.54, 1.807) is 18.6 Å². The highest BCUT2D eigenvalue weighted by atomic mass is 35.5. The first-order chi connectivity index (χ1) is 11.1. The maximum absolute atomic E-state index is 12.5. The molecule has 0 aliphatic carbocycles. The van der Waals surface area contributed by atoms with Gasteiger partial charge in [0.2, 0.25) is 5.91 Å². The number of hydrogen-bond donors (Lipinski definition) is 1. The molecule has 118 valence electrons. The lowest BCUT2D eigenvalue weighted by atomic mass is 10.2. The first-order valence-corrected chi connectivity index (χ1v) is 7.77. The van der Waals surface area contributed by atoms with Gasteiger partial charge >= 0.3 is 0 Å². The van der Waals surface area contributed by atoms with E-state index < -0.39 is 0 Å². The molecule has 0 radical (unpaired) electrons. The minimum atomic E-state index is -0.364. The Labute approximate surface area is 139 Å². The average Bonchev–Trinajstić information content (AvgIpc) is 2.98. The zero-order chi connectivity index (χ0) is 16.4. The molecule has 3 aromatic rings. The number of halogens is 1. The molecular formula is C17H17ClN4O. The fraction of sp³-hybridized carbons (Fsp3) is 0.235. The fourth-order valence-corrected chi connectivity index (χ4v) is 2.58. The minimum absolute atomic E-state index is 0.0857. The maximum atomic E-state index is 12.5.